The smallest absolute Gasteiger partial charge is 0.0945 e. The number of hydrogen-bond donors (Lipinski definition) is 1. The molecular weight excluding hydrogens is 210 g/mol. The van der Waals surface area contributed by atoms with Crippen LogP contribution in [0.3, 0.4) is 0 Å². The molecule has 0 fully saturated rings. The van der Waals surface area contributed by atoms with Gasteiger partial charge in [0.05, 0.1) is 6.10 Å². The van der Waals surface area contributed by atoms with Crippen LogP contribution < -0.4 is 0 Å². The largest absolute Gasteiger partial charge is 0.387 e. The molecule has 0 amide bonds. The van der Waals surface area contributed by atoms with Crippen molar-refractivity contribution in [3.63, 3.8) is 0 Å². The zero-order valence-electron chi connectivity index (χ0n) is 11.4. The van der Waals surface area contributed by atoms with Gasteiger partial charge in [-0.15, -0.1) is 0 Å². The van der Waals surface area contributed by atoms with Crippen molar-refractivity contribution in [1.82, 2.24) is 4.90 Å². The number of aliphatic hydroxyl groups is 1. The number of benzene rings is 1. The Morgan fingerprint density at radius 1 is 1.12 bits per heavy atom. The highest BCUT2D eigenvalue weighted by atomic mass is 16.3. The summed E-state index contributed by atoms with van der Waals surface area (Å²) in [6.07, 6.45) is 0.561. The van der Waals surface area contributed by atoms with Gasteiger partial charge in [-0.3, -0.25) is 4.90 Å². The first-order valence-electron chi connectivity index (χ1n) is 6.60. The summed E-state index contributed by atoms with van der Waals surface area (Å²) < 4.78 is 0. The van der Waals surface area contributed by atoms with Gasteiger partial charge in [-0.25, -0.2) is 0 Å². The van der Waals surface area contributed by atoms with Crippen LogP contribution in [0, 0.1) is 0 Å². The molecule has 0 saturated heterocycles. The van der Waals surface area contributed by atoms with E-state index in [2.05, 4.69) is 32.6 Å². The Morgan fingerprint density at radius 2 is 1.71 bits per heavy atom. The molecule has 0 aliphatic carbocycles. The Kier molecular flexibility index (Phi) is 5.66. The molecule has 0 aromatic heterocycles. The van der Waals surface area contributed by atoms with Crippen LogP contribution in [0.5, 0.6) is 0 Å². The van der Waals surface area contributed by atoms with Crippen molar-refractivity contribution in [2.24, 2.45) is 0 Å². The van der Waals surface area contributed by atoms with E-state index in [4.69, 9.17) is 0 Å². The Labute approximate surface area is 105 Å². The Bertz CT molecular complexity index is 310. The molecule has 0 saturated carbocycles. The third-order valence-corrected chi connectivity index (χ3v) is 3.38. The van der Waals surface area contributed by atoms with E-state index in [0.29, 0.717) is 6.04 Å². The second-order valence-electron chi connectivity index (χ2n) is 4.76. The molecule has 2 nitrogen and oxygen atoms in total. The topological polar surface area (TPSA) is 23.5 Å². The molecule has 0 aliphatic heterocycles. The quantitative estimate of drug-likeness (QED) is 0.818. The minimum absolute atomic E-state index is 0.197. The van der Waals surface area contributed by atoms with Crippen molar-refractivity contribution in [1.29, 1.82) is 0 Å². The van der Waals surface area contributed by atoms with Gasteiger partial charge < -0.3 is 5.11 Å². The van der Waals surface area contributed by atoms with E-state index >= 15 is 0 Å². The molecule has 0 spiro atoms. The summed E-state index contributed by atoms with van der Waals surface area (Å²) in [4.78, 5) is 2.36. The zero-order chi connectivity index (χ0) is 12.8. The molecule has 1 aromatic rings. The molecule has 2 unspecified atom stereocenters. The van der Waals surface area contributed by atoms with Gasteiger partial charge in [0.15, 0.2) is 0 Å². The van der Waals surface area contributed by atoms with Crippen molar-refractivity contribution in [3.05, 3.63) is 35.9 Å². The molecule has 0 radical (unpaired) electrons. The van der Waals surface area contributed by atoms with Gasteiger partial charge in [0.1, 0.15) is 0 Å². The summed E-state index contributed by atoms with van der Waals surface area (Å²) in [5.74, 6) is 0. The molecule has 0 bridgehead atoms. The lowest BCUT2D eigenvalue weighted by Crippen LogP contribution is -2.43. The molecule has 1 aromatic carbocycles. The number of likely N-dealkylation sites (N-methyl/N-ethyl adjacent to an activating group) is 1. The van der Waals surface area contributed by atoms with Gasteiger partial charge in [0.25, 0.3) is 0 Å². The van der Waals surface area contributed by atoms with E-state index in [1.807, 2.05) is 30.3 Å². The Balaban J connectivity index is 2.86. The van der Waals surface area contributed by atoms with Crippen LogP contribution >= 0.6 is 0 Å². The lowest BCUT2D eigenvalue weighted by atomic mass is 9.98. The SMILES string of the molecule is CCC(C(O)c1ccccc1)N(CC)C(C)C. The minimum Gasteiger partial charge on any atom is -0.387 e. The third kappa shape index (κ3) is 3.55. The van der Waals surface area contributed by atoms with Gasteiger partial charge in [-0.1, -0.05) is 44.2 Å². The summed E-state index contributed by atoms with van der Waals surface area (Å²) in [5.41, 5.74) is 1.01. The number of rotatable bonds is 6. The summed E-state index contributed by atoms with van der Waals surface area (Å²) >= 11 is 0. The first-order chi connectivity index (χ1) is 8.11. The van der Waals surface area contributed by atoms with Gasteiger partial charge >= 0.3 is 0 Å². The number of aliphatic hydroxyl groups excluding tert-OH is 1. The molecule has 2 heteroatoms. The standard InChI is InChI=1S/C15H25NO/c1-5-14(16(6-2)12(3)4)15(17)13-10-8-7-9-11-13/h7-12,14-15,17H,5-6H2,1-4H3. The number of hydrogen-bond acceptors (Lipinski definition) is 2. The van der Waals surface area contributed by atoms with Crippen molar-refractivity contribution >= 4 is 0 Å². The van der Waals surface area contributed by atoms with E-state index in [1.165, 1.54) is 0 Å². The fraction of sp³-hybridized carbons (Fsp3) is 0.600. The summed E-state index contributed by atoms with van der Waals surface area (Å²) in [5, 5.41) is 10.5. The number of nitrogens with zero attached hydrogens (tertiary/aromatic N) is 1. The van der Waals surface area contributed by atoms with E-state index in [0.717, 1.165) is 18.5 Å². The lowest BCUT2D eigenvalue weighted by molar-refractivity contribution is 0.0315. The monoisotopic (exact) mass is 235 g/mol. The second kappa shape index (κ2) is 6.77. The minimum atomic E-state index is -0.399. The molecule has 1 rings (SSSR count). The molecule has 17 heavy (non-hydrogen) atoms. The normalized spacial score (nSPS) is 15.2. The maximum absolute atomic E-state index is 10.5. The predicted molar refractivity (Wildman–Crippen MR) is 73.0 cm³/mol. The van der Waals surface area contributed by atoms with Gasteiger partial charge in [0, 0.05) is 12.1 Å². The van der Waals surface area contributed by atoms with E-state index < -0.39 is 6.10 Å². The van der Waals surface area contributed by atoms with E-state index in [-0.39, 0.29) is 6.04 Å². The zero-order valence-corrected chi connectivity index (χ0v) is 11.4. The Hall–Kier alpha value is -0.860. The van der Waals surface area contributed by atoms with Gasteiger partial charge in [0.2, 0.25) is 0 Å². The first-order valence-corrected chi connectivity index (χ1v) is 6.60. The highest BCUT2D eigenvalue weighted by molar-refractivity contribution is 5.18. The van der Waals surface area contributed by atoms with Crippen LogP contribution in [0.1, 0.15) is 45.8 Å². The average Bonchev–Trinajstić information content (AvgIpc) is 2.35. The third-order valence-electron chi connectivity index (χ3n) is 3.38. The highest BCUT2D eigenvalue weighted by Gasteiger charge is 2.26. The molecule has 2 atom stereocenters. The van der Waals surface area contributed by atoms with Crippen LogP contribution in [0.15, 0.2) is 30.3 Å². The Morgan fingerprint density at radius 3 is 2.12 bits per heavy atom. The molecule has 96 valence electrons. The molecule has 1 N–H and O–H groups in total. The van der Waals surface area contributed by atoms with Crippen LogP contribution in [0.2, 0.25) is 0 Å². The summed E-state index contributed by atoms with van der Waals surface area (Å²) in [6, 6.07) is 10.6. The van der Waals surface area contributed by atoms with Crippen molar-refractivity contribution in [2.45, 2.75) is 52.3 Å². The first kappa shape index (κ1) is 14.2. The van der Waals surface area contributed by atoms with Crippen LogP contribution in [-0.2, 0) is 0 Å². The molecule has 0 aliphatic rings. The maximum Gasteiger partial charge on any atom is 0.0945 e. The van der Waals surface area contributed by atoms with E-state index in [9.17, 15) is 5.11 Å². The molecule has 0 heterocycles. The molecular formula is C15H25NO. The maximum atomic E-state index is 10.5. The lowest BCUT2D eigenvalue weighted by Gasteiger charge is -2.36. The van der Waals surface area contributed by atoms with Crippen molar-refractivity contribution < 1.29 is 5.11 Å². The van der Waals surface area contributed by atoms with Crippen LogP contribution in [0.4, 0.5) is 0 Å². The van der Waals surface area contributed by atoms with E-state index in [1.54, 1.807) is 0 Å². The fourth-order valence-electron chi connectivity index (χ4n) is 2.49. The second-order valence-corrected chi connectivity index (χ2v) is 4.76. The predicted octanol–water partition coefficient (Wildman–Crippen LogP) is 3.23. The highest BCUT2D eigenvalue weighted by Crippen LogP contribution is 2.24. The van der Waals surface area contributed by atoms with Gasteiger partial charge in [-0.05, 0) is 32.4 Å². The van der Waals surface area contributed by atoms with Crippen molar-refractivity contribution in [3.8, 4) is 0 Å². The summed E-state index contributed by atoms with van der Waals surface area (Å²) in [7, 11) is 0. The van der Waals surface area contributed by atoms with Crippen LogP contribution in [-0.4, -0.2) is 28.6 Å². The van der Waals surface area contributed by atoms with Gasteiger partial charge in [-0.2, -0.15) is 0 Å². The van der Waals surface area contributed by atoms with Crippen LogP contribution in [0.25, 0.3) is 0 Å². The van der Waals surface area contributed by atoms with Crippen molar-refractivity contribution in [2.75, 3.05) is 6.54 Å². The average molecular weight is 235 g/mol. The summed E-state index contributed by atoms with van der Waals surface area (Å²) in [6.45, 7) is 9.63. The fourth-order valence-corrected chi connectivity index (χ4v) is 2.49.